The number of methoxy groups -OCH3 is 1. The summed E-state index contributed by atoms with van der Waals surface area (Å²) < 4.78 is 5.07. The van der Waals surface area contributed by atoms with Crippen LogP contribution in [0.1, 0.15) is 26.7 Å². The van der Waals surface area contributed by atoms with Crippen molar-refractivity contribution in [2.24, 2.45) is 0 Å². The molecular formula is C15H21NO4S. The van der Waals surface area contributed by atoms with Gasteiger partial charge in [-0.25, -0.2) is 4.79 Å². The fourth-order valence-corrected chi connectivity index (χ4v) is 2.62. The zero-order valence-corrected chi connectivity index (χ0v) is 13.3. The number of carboxylic acid groups (broad SMARTS) is 1. The maximum absolute atomic E-state index is 12.0. The second-order valence-corrected chi connectivity index (χ2v) is 6.04. The van der Waals surface area contributed by atoms with Crippen LogP contribution in [-0.4, -0.2) is 35.4 Å². The third kappa shape index (κ3) is 5.67. The molecule has 0 aliphatic heterocycles. The number of hydrogen-bond donors (Lipinski definition) is 2. The Morgan fingerprint density at radius 1 is 1.33 bits per heavy atom. The van der Waals surface area contributed by atoms with Gasteiger partial charge in [0.1, 0.15) is 11.8 Å². The minimum Gasteiger partial charge on any atom is -0.497 e. The molecule has 1 aromatic rings. The maximum atomic E-state index is 12.0. The van der Waals surface area contributed by atoms with Crippen molar-refractivity contribution in [3.05, 3.63) is 24.3 Å². The first-order valence-electron chi connectivity index (χ1n) is 6.81. The molecule has 2 unspecified atom stereocenters. The lowest BCUT2D eigenvalue weighted by molar-refractivity contribution is -0.141. The van der Waals surface area contributed by atoms with E-state index in [-0.39, 0.29) is 11.2 Å². The molecule has 0 aliphatic rings. The lowest BCUT2D eigenvalue weighted by Crippen LogP contribution is -2.43. The molecule has 0 aliphatic carbocycles. The molecule has 6 heteroatoms. The van der Waals surface area contributed by atoms with Crippen molar-refractivity contribution < 1.29 is 19.4 Å². The normalized spacial score (nSPS) is 13.3. The molecule has 21 heavy (non-hydrogen) atoms. The van der Waals surface area contributed by atoms with Gasteiger partial charge in [0.05, 0.1) is 12.4 Å². The molecule has 0 saturated carbocycles. The Hall–Kier alpha value is -1.69. The third-order valence-corrected chi connectivity index (χ3v) is 4.05. The number of aliphatic carboxylic acids is 1. The molecule has 116 valence electrons. The van der Waals surface area contributed by atoms with Crippen LogP contribution < -0.4 is 10.1 Å². The molecule has 1 amide bonds. The van der Waals surface area contributed by atoms with Gasteiger partial charge < -0.3 is 15.2 Å². The lowest BCUT2D eigenvalue weighted by Gasteiger charge is -2.17. The SMILES string of the molecule is CCCC(NC(=O)C(C)Sc1ccc(OC)cc1)C(=O)O. The van der Waals surface area contributed by atoms with Crippen molar-refractivity contribution in [1.29, 1.82) is 0 Å². The second-order valence-electron chi connectivity index (χ2n) is 4.62. The van der Waals surface area contributed by atoms with E-state index in [0.29, 0.717) is 12.8 Å². The molecule has 0 aromatic heterocycles. The summed E-state index contributed by atoms with van der Waals surface area (Å²) in [5.74, 6) is -0.506. The fourth-order valence-electron chi connectivity index (χ4n) is 1.75. The number of nitrogens with one attached hydrogen (secondary N) is 1. The number of carbonyl (C=O) groups is 2. The van der Waals surface area contributed by atoms with E-state index in [2.05, 4.69) is 5.32 Å². The van der Waals surface area contributed by atoms with Gasteiger partial charge in [-0.3, -0.25) is 4.79 Å². The number of rotatable bonds is 8. The predicted molar refractivity (Wildman–Crippen MR) is 82.8 cm³/mol. The van der Waals surface area contributed by atoms with E-state index < -0.39 is 12.0 Å². The van der Waals surface area contributed by atoms with Crippen LogP contribution in [0.3, 0.4) is 0 Å². The zero-order chi connectivity index (χ0) is 15.8. The van der Waals surface area contributed by atoms with Crippen LogP contribution >= 0.6 is 11.8 Å². The van der Waals surface area contributed by atoms with E-state index in [0.717, 1.165) is 10.6 Å². The van der Waals surface area contributed by atoms with Gasteiger partial charge in [-0.2, -0.15) is 0 Å². The molecule has 1 aromatic carbocycles. The molecule has 1 rings (SSSR count). The predicted octanol–water partition coefficient (Wildman–Crippen LogP) is 2.55. The third-order valence-electron chi connectivity index (χ3n) is 2.93. The Bertz CT molecular complexity index is 475. The Labute approximate surface area is 129 Å². The van der Waals surface area contributed by atoms with Crippen LogP contribution in [0.5, 0.6) is 5.75 Å². The smallest absolute Gasteiger partial charge is 0.326 e. The largest absolute Gasteiger partial charge is 0.497 e. The van der Waals surface area contributed by atoms with Gasteiger partial charge >= 0.3 is 5.97 Å². The maximum Gasteiger partial charge on any atom is 0.326 e. The van der Waals surface area contributed by atoms with Gasteiger partial charge in [0.15, 0.2) is 0 Å². The number of hydrogen-bond acceptors (Lipinski definition) is 4. The number of carbonyl (C=O) groups excluding carboxylic acids is 1. The molecule has 2 N–H and O–H groups in total. The topological polar surface area (TPSA) is 75.6 Å². The van der Waals surface area contributed by atoms with Crippen molar-refractivity contribution in [3.63, 3.8) is 0 Å². The summed E-state index contributed by atoms with van der Waals surface area (Å²) in [4.78, 5) is 24.0. The van der Waals surface area contributed by atoms with E-state index in [9.17, 15) is 9.59 Å². The number of benzene rings is 1. The van der Waals surface area contributed by atoms with Crippen molar-refractivity contribution in [2.75, 3.05) is 7.11 Å². The molecule has 0 spiro atoms. The first kappa shape index (κ1) is 17.4. The molecule has 0 bridgehead atoms. The minimum absolute atomic E-state index is 0.267. The molecule has 0 fully saturated rings. The van der Waals surface area contributed by atoms with Crippen LogP contribution in [0.25, 0.3) is 0 Å². The van der Waals surface area contributed by atoms with E-state index in [4.69, 9.17) is 9.84 Å². The van der Waals surface area contributed by atoms with Gasteiger partial charge in [0, 0.05) is 4.90 Å². The van der Waals surface area contributed by atoms with Gasteiger partial charge in [-0.05, 0) is 37.6 Å². The van der Waals surface area contributed by atoms with Crippen molar-refractivity contribution in [3.8, 4) is 5.75 Å². The van der Waals surface area contributed by atoms with E-state index in [1.54, 1.807) is 14.0 Å². The van der Waals surface area contributed by atoms with E-state index in [1.165, 1.54) is 11.8 Å². The van der Waals surface area contributed by atoms with Crippen molar-refractivity contribution in [1.82, 2.24) is 5.32 Å². The van der Waals surface area contributed by atoms with Crippen molar-refractivity contribution >= 4 is 23.6 Å². The minimum atomic E-state index is -0.994. The number of carboxylic acids is 1. The average molecular weight is 311 g/mol. The monoisotopic (exact) mass is 311 g/mol. The van der Waals surface area contributed by atoms with Gasteiger partial charge in [0.25, 0.3) is 0 Å². The molecule has 5 nitrogen and oxygen atoms in total. The quantitative estimate of drug-likeness (QED) is 0.722. The van der Waals surface area contributed by atoms with Gasteiger partial charge in [-0.1, -0.05) is 13.3 Å². The van der Waals surface area contributed by atoms with Crippen LogP contribution in [0, 0.1) is 0 Å². The highest BCUT2D eigenvalue weighted by molar-refractivity contribution is 8.00. The highest BCUT2D eigenvalue weighted by Gasteiger charge is 2.22. The summed E-state index contributed by atoms with van der Waals surface area (Å²) in [6.07, 6.45) is 1.14. The Morgan fingerprint density at radius 3 is 2.43 bits per heavy atom. The first-order valence-corrected chi connectivity index (χ1v) is 7.69. The van der Waals surface area contributed by atoms with Crippen molar-refractivity contribution in [2.45, 2.75) is 42.9 Å². The van der Waals surface area contributed by atoms with Crippen LogP contribution in [0.2, 0.25) is 0 Å². The Balaban J connectivity index is 2.58. The standard InChI is InChI=1S/C15H21NO4S/c1-4-5-13(15(18)19)16-14(17)10(2)21-12-8-6-11(20-3)7-9-12/h6-10,13H,4-5H2,1-3H3,(H,16,17)(H,18,19). The van der Waals surface area contributed by atoms with Crippen LogP contribution in [0.15, 0.2) is 29.2 Å². The molecule has 0 saturated heterocycles. The summed E-state index contributed by atoms with van der Waals surface area (Å²) >= 11 is 1.38. The molecule has 0 radical (unpaired) electrons. The Kier molecular flexibility index (Phi) is 7.08. The first-order chi connectivity index (χ1) is 9.97. The molecular weight excluding hydrogens is 290 g/mol. The Morgan fingerprint density at radius 2 is 1.95 bits per heavy atom. The molecule has 2 atom stereocenters. The van der Waals surface area contributed by atoms with Crippen LogP contribution in [-0.2, 0) is 9.59 Å². The number of amides is 1. The van der Waals surface area contributed by atoms with Gasteiger partial charge in [-0.15, -0.1) is 11.8 Å². The summed E-state index contributed by atoms with van der Waals surface area (Å²) in [5.41, 5.74) is 0. The van der Waals surface area contributed by atoms with E-state index in [1.807, 2.05) is 31.2 Å². The highest BCUT2D eigenvalue weighted by atomic mass is 32.2. The van der Waals surface area contributed by atoms with Gasteiger partial charge in [0.2, 0.25) is 5.91 Å². The fraction of sp³-hybridized carbons (Fsp3) is 0.467. The second kappa shape index (κ2) is 8.56. The molecule has 0 heterocycles. The summed E-state index contributed by atoms with van der Waals surface area (Å²) in [6, 6.07) is 6.57. The number of ether oxygens (including phenoxy) is 1. The van der Waals surface area contributed by atoms with E-state index >= 15 is 0 Å². The summed E-state index contributed by atoms with van der Waals surface area (Å²) in [7, 11) is 1.60. The van der Waals surface area contributed by atoms with Crippen LogP contribution in [0.4, 0.5) is 0 Å². The average Bonchev–Trinajstić information content (AvgIpc) is 2.47. The number of thioether (sulfide) groups is 1. The lowest BCUT2D eigenvalue weighted by atomic mass is 10.1. The zero-order valence-electron chi connectivity index (χ0n) is 12.5. The highest BCUT2D eigenvalue weighted by Crippen LogP contribution is 2.25. The summed E-state index contributed by atoms with van der Waals surface area (Å²) in [5, 5.41) is 11.3. The summed E-state index contributed by atoms with van der Waals surface area (Å²) in [6.45, 7) is 3.65.